The first-order chi connectivity index (χ1) is 12.0. The molecule has 1 aliphatic rings. The van der Waals surface area contributed by atoms with E-state index in [-0.39, 0.29) is 12.0 Å². The van der Waals surface area contributed by atoms with Gasteiger partial charge in [-0.05, 0) is 12.1 Å². The first-order valence-corrected chi connectivity index (χ1v) is 8.59. The van der Waals surface area contributed by atoms with Gasteiger partial charge in [0.25, 0.3) is 0 Å². The number of aliphatic hydroxyl groups excluding tert-OH is 1. The second-order valence-electron chi connectivity index (χ2n) is 6.65. The van der Waals surface area contributed by atoms with Crippen molar-refractivity contribution in [1.29, 1.82) is 0 Å². The summed E-state index contributed by atoms with van der Waals surface area (Å²) in [5.41, 5.74) is 6.36. The lowest BCUT2D eigenvalue weighted by Crippen LogP contribution is -2.48. The summed E-state index contributed by atoms with van der Waals surface area (Å²) in [6.07, 6.45) is -0.379. The molecule has 0 unspecified atom stereocenters. The number of benzene rings is 1. The molecule has 1 fully saturated rings. The van der Waals surface area contributed by atoms with E-state index in [1.807, 2.05) is 18.2 Å². The summed E-state index contributed by atoms with van der Waals surface area (Å²) in [7, 11) is 0. The zero-order valence-electron chi connectivity index (χ0n) is 14.4. The van der Waals surface area contributed by atoms with Crippen molar-refractivity contribution in [3.8, 4) is 0 Å². The summed E-state index contributed by atoms with van der Waals surface area (Å²) in [5, 5.41) is 11.2. The average molecular weight is 343 g/mol. The van der Waals surface area contributed by atoms with Crippen LogP contribution in [0.5, 0.6) is 0 Å². The molecule has 0 saturated carbocycles. The third-order valence-corrected chi connectivity index (χ3v) is 4.62. The van der Waals surface area contributed by atoms with Gasteiger partial charge >= 0.3 is 0 Å². The van der Waals surface area contributed by atoms with E-state index in [9.17, 15) is 9.90 Å². The smallest absolute Gasteiger partial charge is 0.244 e. The average Bonchev–Trinajstić information content (AvgIpc) is 2.98. The molecular weight excluding hydrogens is 318 g/mol. The molecule has 1 amide bonds. The fraction of sp³-hybridized carbons (Fsp3) is 0.421. The van der Waals surface area contributed by atoms with Gasteiger partial charge in [0, 0.05) is 50.1 Å². The SMILES string of the molecule is C=C(C[C@H](O)CN1CCN(Cc2cc3ccccc3o2)CC1)C(N)=O. The van der Waals surface area contributed by atoms with E-state index in [0.29, 0.717) is 6.54 Å². The molecule has 1 aromatic carbocycles. The second-order valence-corrected chi connectivity index (χ2v) is 6.65. The van der Waals surface area contributed by atoms with Crippen LogP contribution in [-0.2, 0) is 11.3 Å². The second kappa shape index (κ2) is 7.82. The molecule has 2 heterocycles. The van der Waals surface area contributed by atoms with E-state index in [2.05, 4.69) is 28.5 Å². The quantitative estimate of drug-likeness (QED) is 0.742. The Morgan fingerprint density at radius 2 is 1.92 bits per heavy atom. The lowest BCUT2D eigenvalue weighted by molar-refractivity contribution is -0.114. The van der Waals surface area contributed by atoms with E-state index in [1.54, 1.807) is 0 Å². The molecule has 0 bridgehead atoms. The van der Waals surface area contributed by atoms with Gasteiger partial charge in [-0.25, -0.2) is 0 Å². The Bertz CT molecular complexity index is 714. The minimum Gasteiger partial charge on any atom is -0.460 e. The first kappa shape index (κ1) is 17.7. The Morgan fingerprint density at radius 1 is 1.24 bits per heavy atom. The Labute approximate surface area is 147 Å². The highest BCUT2D eigenvalue weighted by molar-refractivity contribution is 5.91. The van der Waals surface area contributed by atoms with Crippen molar-refractivity contribution in [3.63, 3.8) is 0 Å². The maximum atomic E-state index is 11.0. The minimum absolute atomic E-state index is 0.231. The molecule has 1 saturated heterocycles. The van der Waals surface area contributed by atoms with Crippen LogP contribution in [0.4, 0.5) is 0 Å². The lowest BCUT2D eigenvalue weighted by Gasteiger charge is -2.35. The number of hydrogen-bond donors (Lipinski definition) is 2. The molecule has 134 valence electrons. The molecule has 1 aliphatic heterocycles. The summed E-state index contributed by atoms with van der Waals surface area (Å²) >= 11 is 0. The van der Waals surface area contributed by atoms with Crippen LogP contribution >= 0.6 is 0 Å². The third-order valence-electron chi connectivity index (χ3n) is 4.62. The third kappa shape index (κ3) is 4.69. The van der Waals surface area contributed by atoms with Gasteiger partial charge in [-0.2, -0.15) is 0 Å². The molecule has 1 aromatic heterocycles. The van der Waals surface area contributed by atoms with Crippen LogP contribution in [0.3, 0.4) is 0 Å². The number of amides is 1. The number of primary amides is 1. The maximum Gasteiger partial charge on any atom is 0.244 e. The highest BCUT2D eigenvalue weighted by Gasteiger charge is 2.21. The molecule has 0 aliphatic carbocycles. The van der Waals surface area contributed by atoms with Crippen LogP contribution in [0.2, 0.25) is 0 Å². The Balaban J connectivity index is 1.45. The predicted octanol–water partition coefficient (Wildman–Crippen LogP) is 1.34. The summed E-state index contributed by atoms with van der Waals surface area (Å²) in [6, 6.07) is 10.1. The van der Waals surface area contributed by atoms with Crippen LogP contribution in [0.1, 0.15) is 12.2 Å². The topological polar surface area (TPSA) is 82.9 Å². The van der Waals surface area contributed by atoms with E-state index < -0.39 is 12.0 Å². The Kier molecular flexibility index (Phi) is 5.53. The van der Waals surface area contributed by atoms with Gasteiger partial charge in [0.15, 0.2) is 0 Å². The molecule has 3 N–H and O–H groups in total. The summed E-state index contributed by atoms with van der Waals surface area (Å²) in [4.78, 5) is 15.5. The normalized spacial score (nSPS) is 17.6. The highest BCUT2D eigenvalue weighted by Crippen LogP contribution is 2.20. The number of β-amino-alcohol motifs (C(OH)–C–C–N with tert-alkyl or cyclic N) is 1. The number of piperazine rings is 1. The van der Waals surface area contributed by atoms with Gasteiger partial charge in [-0.3, -0.25) is 14.6 Å². The van der Waals surface area contributed by atoms with Crippen molar-refractivity contribution in [3.05, 3.63) is 48.2 Å². The molecule has 3 rings (SSSR count). The van der Waals surface area contributed by atoms with Crippen molar-refractivity contribution >= 4 is 16.9 Å². The standard InChI is InChI=1S/C19H25N3O3/c1-14(19(20)24)10-16(23)12-21-6-8-22(9-7-21)13-17-11-15-4-2-3-5-18(15)25-17/h2-5,11,16,23H,1,6-10,12-13H2,(H2,20,24)/t16-/m0/s1. The van der Waals surface area contributed by atoms with E-state index >= 15 is 0 Å². The van der Waals surface area contributed by atoms with Crippen molar-refractivity contribution in [2.24, 2.45) is 5.73 Å². The van der Waals surface area contributed by atoms with Crippen molar-refractivity contribution in [1.82, 2.24) is 9.80 Å². The molecule has 6 heteroatoms. The number of carbonyl (C=O) groups is 1. The van der Waals surface area contributed by atoms with E-state index in [1.165, 1.54) is 0 Å². The first-order valence-electron chi connectivity index (χ1n) is 8.59. The number of carbonyl (C=O) groups excluding carboxylic acids is 1. The molecular formula is C19H25N3O3. The molecule has 0 radical (unpaired) electrons. The lowest BCUT2D eigenvalue weighted by atomic mass is 10.1. The molecule has 25 heavy (non-hydrogen) atoms. The van der Waals surface area contributed by atoms with Gasteiger partial charge < -0.3 is 15.3 Å². The number of rotatable bonds is 7. The largest absolute Gasteiger partial charge is 0.460 e. The maximum absolute atomic E-state index is 11.0. The highest BCUT2D eigenvalue weighted by atomic mass is 16.3. The fourth-order valence-corrected chi connectivity index (χ4v) is 3.21. The van der Waals surface area contributed by atoms with Gasteiger partial charge in [0.1, 0.15) is 11.3 Å². The Hall–Kier alpha value is -2.15. The molecule has 0 spiro atoms. The van der Waals surface area contributed by atoms with Crippen LogP contribution in [0.15, 0.2) is 46.9 Å². The number of hydrogen-bond acceptors (Lipinski definition) is 5. The number of furan rings is 1. The number of nitrogens with zero attached hydrogens (tertiary/aromatic N) is 2. The van der Waals surface area contributed by atoms with Gasteiger partial charge in [-0.15, -0.1) is 0 Å². The number of fused-ring (bicyclic) bond motifs is 1. The monoisotopic (exact) mass is 343 g/mol. The molecule has 2 aromatic rings. The van der Waals surface area contributed by atoms with Crippen molar-refractivity contribution < 1.29 is 14.3 Å². The van der Waals surface area contributed by atoms with Crippen LogP contribution in [0, 0.1) is 0 Å². The molecule has 6 nitrogen and oxygen atoms in total. The number of para-hydroxylation sites is 1. The molecule has 1 atom stereocenters. The number of aliphatic hydroxyl groups is 1. The van der Waals surface area contributed by atoms with Gasteiger partial charge in [0.2, 0.25) is 5.91 Å². The van der Waals surface area contributed by atoms with E-state index in [0.717, 1.165) is 49.5 Å². The van der Waals surface area contributed by atoms with Crippen LogP contribution in [0.25, 0.3) is 11.0 Å². The zero-order chi connectivity index (χ0) is 17.8. The summed E-state index contributed by atoms with van der Waals surface area (Å²) < 4.78 is 5.88. The minimum atomic E-state index is -0.609. The Morgan fingerprint density at radius 3 is 2.60 bits per heavy atom. The zero-order valence-corrected chi connectivity index (χ0v) is 14.4. The van der Waals surface area contributed by atoms with Crippen LogP contribution < -0.4 is 5.73 Å². The van der Waals surface area contributed by atoms with Crippen molar-refractivity contribution in [2.75, 3.05) is 32.7 Å². The fourth-order valence-electron chi connectivity index (χ4n) is 3.21. The van der Waals surface area contributed by atoms with Gasteiger partial charge in [0.05, 0.1) is 12.6 Å². The number of nitrogens with two attached hydrogens (primary N) is 1. The summed E-state index contributed by atoms with van der Waals surface area (Å²) in [6.45, 7) is 8.51. The van der Waals surface area contributed by atoms with Crippen molar-refractivity contribution in [2.45, 2.75) is 19.1 Å². The van der Waals surface area contributed by atoms with E-state index in [4.69, 9.17) is 10.2 Å². The summed E-state index contributed by atoms with van der Waals surface area (Å²) in [5.74, 6) is 0.433. The predicted molar refractivity (Wildman–Crippen MR) is 96.9 cm³/mol. The van der Waals surface area contributed by atoms with Crippen LogP contribution in [-0.4, -0.2) is 59.6 Å². The van der Waals surface area contributed by atoms with Gasteiger partial charge in [-0.1, -0.05) is 24.8 Å².